The summed E-state index contributed by atoms with van der Waals surface area (Å²) < 4.78 is 53.5. The number of anilines is 4. The van der Waals surface area contributed by atoms with E-state index in [0.717, 1.165) is 47.4 Å². The number of hydrogen-bond acceptors (Lipinski definition) is 8. The maximum Gasteiger partial charge on any atom is 0.232 e. The normalized spacial score (nSPS) is 13.7. The lowest BCUT2D eigenvalue weighted by Gasteiger charge is -2.22. The Bertz CT molecular complexity index is 1490. The first-order chi connectivity index (χ1) is 16.6. The molecule has 0 bridgehead atoms. The number of aromatic amines is 2. The standard InChI is InChI=1S/C22H22F2N8O2S/c1-11-6-17(31-30-11)27-21-18(12-4-5-12)19(13-9-25-26-10-13)28-22(29-21)32(2)20-15(23)7-14(8-16(20)24)35(3,33)34/h6-10,12H,4-5H2,1-3H3,(H,25,26)(H2,27,28,29,30,31). The molecule has 1 aliphatic carbocycles. The van der Waals surface area contributed by atoms with Crippen molar-refractivity contribution < 1.29 is 17.2 Å². The van der Waals surface area contributed by atoms with E-state index in [1.807, 2.05) is 13.0 Å². The van der Waals surface area contributed by atoms with E-state index in [9.17, 15) is 17.2 Å². The zero-order chi connectivity index (χ0) is 24.9. The fourth-order valence-electron chi connectivity index (χ4n) is 3.84. The predicted molar refractivity (Wildman–Crippen MR) is 126 cm³/mol. The minimum absolute atomic E-state index is 0.00487. The van der Waals surface area contributed by atoms with Crippen molar-refractivity contribution in [1.82, 2.24) is 30.4 Å². The highest BCUT2D eigenvalue weighted by Gasteiger charge is 2.33. The molecule has 0 amide bonds. The Morgan fingerprint density at radius 1 is 1.14 bits per heavy atom. The average molecular weight is 501 g/mol. The van der Waals surface area contributed by atoms with E-state index >= 15 is 0 Å². The van der Waals surface area contributed by atoms with Crippen molar-refractivity contribution in [2.45, 2.75) is 30.6 Å². The van der Waals surface area contributed by atoms with Crippen LogP contribution in [0.5, 0.6) is 0 Å². The van der Waals surface area contributed by atoms with Gasteiger partial charge >= 0.3 is 0 Å². The van der Waals surface area contributed by atoms with Gasteiger partial charge in [-0.1, -0.05) is 0 Å². The molecule has 13 heteroatoms. The molecule has 1 saturated carbocycles. The van der Waals surface area contributed by atoms with Crippen LogP contribution in [0.2, 0.25) is 0 Å². The molecule has 1 aromatic carbocycles. The van der Waals surface area contributed by atoms with Crippen LogP contribution in [0.15, 0.2) is 35.5 Å². The third kappa shape index (κ3) is 4.46. The second kappa shape index (κ2) is 8.41. The molecule has 1 aliphatic rings. The monoisotopic (exact) mass is 500 g/mol. The van der Waals surface area contributed by atoms with Crippen molar-refractivity contribution >= 4 is 33.1 Å². The van der Waals surface area contributed by atoms with Gasteiger partial charge in [0.1, 0.15) is 11.5 Å². The fraction of sp³-hybridized carbons (Fsp3) is 0.273. The van der Waals surface area contributed by atoms with Crippen molar-refractivity contribution in [3.05, 3.63) is 53.5 Å². The van der Waals surface area contributed by atoms with Crippen molar-refractivity contribution in [2.24, 2.45) is 0 Å². The van der Waals surface area contributed by atoms with E-state index in [-0.39, 0.29) is 11.9 Å². The molecule has 1 fully saturated rings. The van der Waals surface area contributed by atoms with E-state index in [1.165, 1.54) is 7.05 Å². The van der Waals surface area contributed by atoms with Gasteiger partial charge in [0.05, 0.1) is 16.8 Å². The highest BCUT2D eigenvalue weighted by molar-refractivity contribution is 7.90. The highest BCUT2D eigenvalue weighted by Crippen LogP contribution is 2.48. The quantitative estimate of drug-likeness (QED) is 0.347. The van der Waals surface area contributed by atoms with E-state index in [2.05, 4.69) is 35.7 Å². The van der Waals surface area contributed by atoms with Gasteiger partial charge < -0.3 is 10.2 Å². The third-order valence-electron chi connectivity index (χ3n) is 5.70. The molecule has 3 N–H and O–H groups in total. The lowest BCUT2D eigenvalue weighted by molar-refractivity contribution is 0.569. The van der Waals surface area contributed by atoms with Crippen LogP contribution in [-0.4, -0.2) is 52.1 Å². The Morgan fingerprint density at radius 3 is 2.40 bits per heavy atom. The number of rotatable bonds is 7. The summed E-state index contributed by atoms with van der Waals surface area (Å²) >= 11 is 0. The van der Waals surface area contributed by atoms with Crippen molar-refractivity contribution in [3.63, 3.8) is 0 Å². The zero-order valence-corrected chi connectivity index (χ0v) is 19.9. The predicted octanol–water partition coefficient (Wildman–Crippen LogP) is 3.97. The first-order valence-electron chi connectivity index (χ1n) is 10.7. The van der Waals surface area contributed by atoms with Gasteiger partial charge in [-0.2, -0.15) is 15.2 Å². The number of halogens is 2. The molecule has 0 spiro atoms. The Hall–Kier alpha value is -3.87. The first-order valence-corrected chi connectivity index (χ1v) is 12.6. The zero-order valence-electron chi connectivity index (χ0n) is 19.1. The Morgan fingerprint density at radius 2 is 1.86 bits per heavy atom. The topological polar surface area (TPSA) is 133 Å². The van der Waals surface area contributed by atoms with E-state index in [0.29, 0.717) is 22.9 Å². The van der Waals surface area contributed by atoms with Gasteiger partial charge in [0.2, 0.25) is 5.95 Å². The molecule has 3 heterocycles. The van der Waals surface area contributed by atoms with Crippen LogP contribution in [0.1, 0.15) is 30.0 Å². The van der Waals surface area contributed by atoms with Gasteiger partial charge in [-0.25, -0.2) is 22.2 Å². The number of benzene rings is 1. The summed E-state index contributed by atoms with van der Waals surface area (Å²) in [6, 6.07) is 3.37. The lowest BCUT2D eigenvalue weighted by Crippen LogP contribution is -2.19. The smallest absolute Gasteiger partial charge is 0.232 e. The molecule has 0 atom stereocenters. The molecule has 182 valence electrons. The molecule has 35 heavy (non-hydrogen) atoms. The number of nitrogens with one attached hydrogen (secondary N) is 3. The molecule has 0 radical (unpaired) electrons. The summed E-state index contributed by atoms with van der Waals surface area (Å²) in [5.74, 6) is -0.893. The molecule has 4 aromatic rings. The lowest BCUT2D eigenvalue weighted by atomic mass is 10.1. The van der Waals surface area contributed by atoms with E-state index in [1.54, 1.807) is 12.4 Å². The Labute approximate surface area is 199 Å². The number of aromatic nitrogens is 6. The maximum atomic E-state index is 15.0. The first kappa shape index (κ1) is 22.9. The molecular formula is C22H22F2N8O2S. The molecular weight excluding hydrogens is 478 g/mol. The van der Waals surface area contributed by atoms with Gasteiger partial charge in [0, 0.05) is 42.4 Å². The Balaban J connectivity index is 1.67. The number of H-pyrrole nitrogens is 2. The van der Waals surface area contributed by atoms with Crippen LogP contribution in [-0.2, 0) is 9.84 Å². The summed E-state index contributed by atoms with van der Waals surface area (Å²) in [4.78, 5) is 9.95. The SMILES string of the molecule is Cc1cc(Nc2nc(N(C)c3c(F)cc(S(C)(=O)=O)cc3F)nc(-c3cn[nH]c3)c2C2CC2)n[nH]1. The van der Waals surface area contributed by atoms with Crippen LogP contribution in [0.4, 0.5) is 32.1 Å². The number of nitrogens with zero attached hydrogens (tertiary/aromatic N) is 5. The maximum absolute atomic E-state index is 15.0. The average Bonchev–Trinajstić information content (AvgIpc) is 3.30. The van der Waals surface area contributed by atoms with E-state index < -0.39 is 32.1 Å². The van der Waals surface area contributed by atoms with Gasteiger partial charge in [-0.15, -0.1) is 0 Å². The second-order valence-electron chi connectivity index (χ2n) is 8.52. The largest absolute Gasteiger partial charge is 0.323 e. The van der Waals surface area contributed by atoms with Crippen LogP contribution in [0, 0.1) is 18.6 Å². The van der Waals surface area contributed by atoms with E-state index in [4.69, 9.17) is 0 Å². The van der Waals surface area contributed by atoms with Crippen molar-refractivity contribution in [1.29, 1.82) is 0 Å². The molecule has 0 saturated heterocycles. The van der Waals surface area contributed by atoms with Gasteiger partial charge in [-0.3, -0.25) is 10.2 Å². The number of hydrogen-bond donors (Lipinski definition) is 3. The van der Waals surface area contributed by atoms with Crippen molar-refractivity contribution in [3.8, 4) is 11.3 Å². The summed E-state index contributed by atoms with van der Waals surface area (Å²) in [6.45, 7) is 1.86. The highest BCUT2D eigenvalue weighted by atomic mass is 32.2. The fourth-order valence-corrected chi connectivity index (χ4v) is 4.48. The molecule has 10 nitrogen and oxygen atoms in total. The minimum atomic E-state index is -3.80. The van der Waals surface area contributed by atoms with Crippen LogP contribution in [0.25, 0.3) is 11.3 Å². The van der Waals surface area contributed by atoms with Gasteiger partial charge in [0.25, 0.3) is 0 Å². The van der Waals surface area contributed by atoms with Crippen molar-refractivity contribution in [2.75, 3.05) is 23.5 Å². The second-order valence-corrected chi connectivity index (χ2v) is 10.5. The van der Waals surface area contributed by atoms with Crippen LogP contribution < -0.4 is 10.2 Å². The number of sulfone groups is 1. The van der Waals surface area contributed by atoms with Gasteiger partial charge in [0.15, 0.2) is 27.3 Å². The summed E-state index contributed by atoms with van der Waals surface area (Å²) in [6.07, 6.45) is 6.09. The Kier molecular flexibility index (Phi) is 5.50. The summed E-state index contributed by atoms with van der Waals surface area (Å²) in [5, 5.41) is 17.1. The van der Waals surface area contributed by atoms with Crippen LogP contribution >= 0.6 is 0 Å². The van der Waals surface area contributed by atoms with Crippen LogP contribution in [0.3, 0.4) is 0 Å². The molecule has 3 aromatic heterocycles. The number of aryl methyl sites for hydroxylation is 1. The third-order valence-corrected chi connectivity index (χ3v) is 6.79. The summed E-state index contributed by atoms with van der Waals surface area (Å²) in [7, 11) is -2.39. The molecule has 0 aliphatic heterocycles. The molecule has 5 rings (SSSR count). The minimum Gasteiger partial charge on any atom is -0.323 e. The van der Waals surface area contributed by atoms with Gasteiger partial charge in [-0.05, 0) is 37.8 Å². The molecule has 0 unspecified atom stereocenters. The summed E-state index contributed by atoms with van der Waals surface area (Å²) in [5.41, 5.74) is 2.49.